The fourth-order valence-corrected chi connectivity index (χ4v) is 1.75. The van der Waals surface area contributed by atoms with Crippen LogP contribution >= 0.6 is 11.6 Å². The van der Waals surface area contributed by atoms with Gasteiger partial charge in [-0.15, -0.1) is 0 Å². The van der Waals surface area contributed by atoms with E-state index < -0.39 is 0 Å². The minimum Gasteiger partial charge on any atom is -0.396 e. The summed E-state index contributed by atoms with van der Waals surface area (Å²) in [5.41, 5.74) is 1.14. The van der Waals surface area contributed by atoms with Crippen molar-refractivity contribution in [3.8, 4) is 0 Å². The summed E-state index contributed by atoms with van der Waals surface area (Å²) in [5, 5.41) is 15.0. The molecule has 19 heavy (non-hydrogen) atoms. The minimum atomic E-state index is -0.168. The minimum absolute atomic E-state index is 0.154. The highest BCUT2D eigenvalue weighted by Gasteiger charge is 2.04. The van der Waals surface area contributed by atoms with E-state index in [0.29, 0.717) is 24.5 Å². The van der Waals surface area contributed by atoms with Crippen molar-refractivity contribution >= 4 is 17.6 Å². The number of hydrogen-bond acceptors (Lipinski definition) is 2. The summed E-state index contributed by atoms with van der Waals surface area (Å²) >= 11 is 5.80. The first-order valence-corrected chi connectivity index (χ1v) is 6.86. The lowest BCUT2D eigenvalue weighted by Crippen LogP contribution is -2.38. The van der Waals surface area contributed by atoms with Gasteiger partial charge < -0.3 is 15.7 Å². The van der Waals surface area contributed by atoms with Crippen molar-refractivity contribution in [3.63, 3.8) is 0 Å². The van der Waals surface area contributed by atoms with E-state index in [2.05, 4.69) is 10.6 Å². The van der Waals surface area contributed by atoms with Gasteiger partial charge in [0, 0.05) is 24.7 Å². The Hall–Kier alpha value is -1.26. The molecule has 1 rings (SSSR count). The summed E-state index contributed by atoms with van der Waals surface area (Å²) in [5.74, 6) is 0.284. The molecule has 0 bridgehead atoms. The Morgan fingerprint density at radius 3 is 2.63 bits per heavy atom. The second kappa shape index (κ2) is 8.77. The molecule has 1 atom stereocenters. The highest BCUT2D eigenvalue weighted by Crippen LogP contribution is 2.09. The number of nitrogens with one attached hydrogen (secondary N) is 2. The smallest absolute Gasteiger partial charge is 0.314 e. The lowest BCUT2D eigenvalue weighted by molar-refractivity contribution is 0.234. The molecule has 0 heterocycles. The maximum absolute atomic E-state index is 11.5. The molecule has 1 aromatic rings. The van der Waals surface area contributed by atoms with Crippen LogP contribution in [-0.4, -0.2) is 30.8 Å². The van der Waals surface area contributed by atoms with Crippen LogP contribution in [0.5, 0.6) is 0 Å². The molecule has 5 heteroatoms. The predicted octanol–water partition coefficient (Wildman–Crippen LogP) is 2.20. The second-order valence-electron chi connectivity index (χ2n) is 4.63. The normalized spacial score (nSPS) is 11.9. The number of carbonyl (C=O) groups excluding carboxylic acids is 1. The van der Waals surface area contributed by atoms with Crippen LogP contribution in [0, 0.1) is 5.92 Å². The fourth-order valence-electron chi connectivity index (χ4n) is 1.62. The fraction of sp³-hybridized carbons (Fsp3) is 0.500. The molecule has 2 amide bonds. The van der Waals surface area contributed by atoms with Crippen LogP contribution in [0.25, 0.3) is 0 Å². The van der Waals surface area contributed by atoms with Crippen LogP contribution in [0.4, 0.5) is 4.79 Å². The number of amides is 2. The Bertz CT molecular complexity index is 382. The van der Waals surface area contributed by atoms with E-state index in [0.717, 1.165) is 12.0 Å². The maximum atomic E-state index is 11.5. The summed E-state index contributed by atoms with van der Waals surface area (Å²) in [6.45, 7) is 3.31. The van der Waals surface area contributed by atoms with E-state index in [1.807, 2.05) is 31.2 Å². The zero-order valence-electron chi connectivity index (χ0n) is 11.2. The number of aliphatic hydroxyl groups excluding tert-OH is 1. The van der Waals surface area contributed by atoms with Gasteiger partial charge in [0.2, 0.25) is 0 Å². The van der Waals surface area contributed by atoms with E-state index in [1.54, 1.807) is 0 Å². The third-order valence-electron chi connectivity index (χ3n) is 2.85. The van der Waals surface area contributed by atoms with Gasteiger partial charge >= 0.3 is 6.03 Å². The van der Waals surface area contributed by atoms with Crippen LogP contribution in [0.3, 0.4) is 0 Å². The summed E-state index contributed by atoms with van der Waals surface area (Å²) in [7, 11) is 0. The number of benzene rings is 1. The SMILES string of the molecule is CC(CCO)CNC(=O)NCCc1ccc(Cl)cc1. The van der Waals surface area contributed by atoms with Crippen molar-refractivity contribution in [2.24, 2.45) is 5.92 Å². The Morgan fingerprint density at radius 2 is 2.00 bits per heavy atom. The van der Waals surface area contributed by atoms with E-state index in [9.17, 15) is 4.79 Å². The highest BCUT2D eigenvalue weighted by atomic mass is 35.5. The van der Waals surface area contributed by atoms with Crippen LogP contribution in [0.2, 0.25) is 5.02 Å². The molecule has 106 valence electrons. The first kappa shape index (κ1) is 15.8. The number of aliphatic hydroxyl groups is 1. The average Bonchev–Trinajstić information content (AvgIpc) is 2.39. The van der Waals surface area contributed by atoms with Crippen molar-refractivity contribution in [3.05, 3.63) is 34.9 Å². The molecule has 1 aromatic carbocycles. The van der Waals surface area contributed by atoms with Crippen LogP contribution in [0.15, 0.2) is 24.3 Å². The lowest BCUT2D eigenvalue weighted by atomic mass is 10.1. The van der Waals surface area contributed by atoms with E-state index >= 15 is 0 Å². The van der Waals surface area contributed by atoms with E-state index in [1.165, 1.54) is 0 Å². The Labute approximate surface area is 119 Å². The second-order valence-corrected chi connectivity index (χ2v) is 5.07. The van der Waals surface area contributed by atoms with Gasteiger partial charge in [0.25, 0.3) is 0 Å². The molecular weight excluding hydrogens is 264 g/mol. The van der Waals surface area contributed by atoms with Crippen LogP contribution in [0.1, 0.15) is 18.9 Å². The van der Waals surface area contributed by atoms with Gasteiger partial charge in [0.05, 0.1) is 0 Å². The molecule has 0 aromatic heterocycles. The monoisotopic (exact) mass is 284 g/mol. The third-order valence-corrected chi connectivity index (χ3v) is 3.10. The highest BCUT2D eigenvalue weighted by molar-refractivity contribution is 6.30. The number of hydrogen-bond donors (Lipinski definition) is 3. The Kier molecular flexibility index (Phi) is 7.30. The molecule has 0 aliphatic carbocycles. The topological polar surface area (TPSA) is 61.4 Å². The average molecular weight is 285 g/mol. The zero-order valence-corrected chi connectivity index (χ0v) is 11.9. The maximum Gasteiger partial charge on any atom is 0.314 e. The molecule has 0 aliphatic rings. The third kappa shape index (κ3) is 7.03. The molecule has 4 nitrogen and oxygen atoms in total. The van der Waals surface area contributed by atoms with Gasteiger partial charge in [0.1, 0.15) is 0 Å². The van der Waals surface area contributed by atoms with Crippen molar-refractivity contribution in [1.82, 2.24) is 10.6 Å². The van der Waals surface area contributed by atoms with E-state index in [4.69, 9.17) is 16.7 Å². The molecule has 0 saturated heterocycles. The van der Waals surface area contributed by atoms with Gasteiger partial charge in [-0.3, -0.25) is 0 Å². The molecule has 0 radical (unpaired) electrons. The molecule has 0 saturated carbocycles. The van der Waals surface area contributed by atoms with Crippen LogP contribution in [-0.2, 0) is 6.42 Å². The number of urea groups is 1. The molecular formula is C14H21ClN2O2. The summed E-state index contributed by atoms with van der Waals surface area (Å²) in [6, 6.07) is 7.41. The Balaban J connectivity index is 2.15. The quantitative estimate of drug-likeness (QED) is 0.719. The van der Waals surface area contributed by atoms with Gasteiger partial charge in [-0.05, 0) is 36.5 Å². The van der Waals surface area contributed by atoms with Crippen molar-refractivity contribution < 1.29 is 9.90 Å². The van der Waals surface area contributed by atoms with Crippen molar-refractivity contribution in [1.29, 1.82) is 0 Å². The number of rotatable bonds is 7. The molecule has 1 unspecified atom stereocenters. The lowest BCUT2D eigenvalue weighted by Gasteiger charge is -2.12. The molecule has 3 N–H and O–H groups in total. The molecule has 0 spiro atoms. The zero-order chi connectivity index (χ0) is 14.1. The van der Waals surface area contributed by atoms with Crippen molar-refractivity contribution in [2.45, 2.75) is 19.8 Å². The molecule has 0 aliphatic heterocycles. The molecule has 0 fully saturated rings. The van der Waals surface area contributed by atoms with Gasteiger partial charge in [-0.1, -0.05) is 30.7 Å². The van der Waals surface area contributed by atoms with Gasteiger partial charge in [0.15, 0.2) is 0 Å². The first-order chi connectivity index (χ1) is 9.11. The number of halogens is 1. The van der Waals surface area contributed by atoms with Gasteiger partial charge in [-0.2, -0.15) is 0 Å². The summed E-state index contributed by atoms with van der Waals surface area (Å²) < 4.78 is 0. The Morgan fingerprint density at radius 1 is 1.32 bits per heavy atom. The van der Waals surface area contributed by atoms with Crippen LogP contribution < -0.4 is 10.6 Å². The van der Waals surface area contributed by atoms with Crippen molar-refractivity contribution in [2.75, 3.05) is 19.7 Å². The summed E-state index contributed by atoms with van der Waals surface area (Å²) in [6.07, 6.45) is 1.47. The predicted molar refractivity (Wildman–Crippen MR) is 77.4 cm³/mol. The van der Waals surface area contributed by atoms with E-state index in [-0.39, 0.29) is 18.6 Å². The largest absolute Gasteiger partial charge is 0.396 e. The summed E-state index contributed by atoms with van der Waals surface area (Å²) in [4.78, 5) is 11.5. The van der Waals surface area contributed by atoms with Gasteiger partial charge in [-0.25, -0.2) is 4.79 Å². The number of carbonyl (C=O) groups is 1. The first-order valence-electron chi connectivity index (χ1n) is 6.49. The standard InChI is InChI=1S/C14H21ClN2O2/c1-11(7-9-18)10-17-14(19)16-8-6-12-2-4-13(15)5-3-12/h2-5,11,18H,6-10H2,1H3,(H2,16,17,19).